The first kappa shape index (κ1) is 21.0. The maximum atomic E-state index is 10.2. The number of hydrogen-bond acceptors (Lipinski definition) is 7. The summed E-state index contributed by atoms with van der Waals surface area (Å²) in [6.07, 6.45) is -0.626. The summed E-state index contributed by atoms with van der Waals surface area (Å²) in [5.41, 5.74) is 6.90. The average Bonchev–Trinajstić information content (AvgIpc) is 3.12. The van der Waals surface area contributed by atoms with Crippen LogP contribution < -0.4 is 0 Å². The zero-order valence-electron chi connectivity index (χ0n) is 16.2. The van der Waals surface area contributed by atoms with Gasteiger partial charge in [0.05, 0.1) is 19.8 Å². The van der Waals surface area contributed by atoms with Crippen LogP contribution in [0.4, 0.5) is 0 Å². The molecule has 9 nitrogen and oxygen atoms in total. The van der Waals surface area contributed by atoms with Crippen LogP contribution in [0, 0.1) is 0 Å². The number of rotatable bonds is 9. The number of hydrogen-bond donors (Lipinski definition) is 2. The zero-order chi connectivity index (χ0) is 20.3. The van der Waals surface area contributed by atoms with Gasteiger partial charge in [-0.25, -0.2) is 0 Å². The van der Waals surface area contributed by atoms with Crippen molar-refractivity contribution in [2.45, 2.75) is 62.7 Å². The molecule has 0 amide bonds. The number of ether oxygens (including phenoxy) is 4. The quantitative estimate of drug-likeness (QED) is 0.287. The SMILES string of the molecule is CC1(C)O[C@H]2OC(CO)(CO)[C@@](CCCN=[N+]=[N-])(OCc3ccccc3)[C@H]2O1. The van der Waals surface area contributed by atoms with Gasteiger partial charge in [-0.1, -0.05) is 35.4 Å². The van der Waals surface area contributed by atoms with Crippen LogP contribution in [0.25, 0.3) is 10.4 Å². The van der Waals surface area contributed by atoms with E-state index in [1.54, 1.807) is 13.8 Å². The summed E-state index contributed by atoms with van der Waals surface area (Å²) in [4.78, 5) is 2.78. The minimum absolute atomic E-state index is 0.237. The molecule has 2 aliphatic heterocycles. The fourth-order valence-electron chi connectivity index (χ4n) is 4.00. The zero-order valence-corrected chi connectivity index (χ0v) is 16.2. The number of benzene rings is 1. The molecule has 28 heavy (non-hydrogen) atoms. The van der Waals surface area contributed by atoms with Crippen molar-refractivity contribution in [3.05, 3.63) is 46.3 Å². The number of aliphatic hydroxyl groups is 2. The van der Waals surface area contributed by atoms with E-state index in [4.69, 9.17) is 24.5 Å². The smallest absolute Gasteiger partial charge is 0.191 e. The molecule has 9 heteroatoms. The van der Waals surface area contributed by atoms with Crippen molar-refractivity contribution in [3.63, 3.8) is 0 Å². The Kier molecular flexibility index (Phi) is 6.26. The van der Waals surface area contributed by atoms with Gasteiger partial charge in [0.25, 0.3) is 0 Å². The van der Waals surface area contributed by atoms with Crippen LogP contribution in [-0.2, 0) is 25.6 Å². The van der Waals surface area contributed by atoms with Crippen LogP contribution in [0.15, 0.2) is 35.4 Å². The summed E-state index contributed by atoms with van der Waals surface area (Å²) in [6.45, 7) is 3.09. The Morgan fingerprint density at radius 3 is 2.50 bits per heavy atom. The first-order valence-electron chi connectivity index (χ1n) is 9.36. The number of azide groups is 1. The Morgan fingerprint density at radius 1 is 1.14 bits per heavy atom. The summed E-state index contributed by atoms with van der Waals surface area (Å²) < 4.78 is 24.3. The van der Waals surface area contributed by atoms with Crippen molar-refractivity contribution < 1.29 is 29.2 Å². The second kappa shape index (κ2) is 8.34. The van der Waals surface area contributed by atoms with Crippen molar-refractivity contribution in [2.24, 2.45) is 5.11 Å². The molecule has 2 saturated heterocycles. The number of fused-ring (bicyclic) bond motifs is 1. The van der Waals surface area contributed by atoms with Crippen LogP contribution in [0.1, 0.15) is 32.3 Å². The largest absolute Gasteiger partial charge is 0.393 e. The molecule has 2 fully saturated rings. The molecule has 3 rings (SSSR count). The molecule has 2 heterocycles. The molecule has 2 N–H and O–H groups in total. The molecule has 0 aliphatic carbocycles. The molecular weight excluding hydrogens is 366 g/mol. The second-order valence-electron chi connectivity index (χ2n) is 7.57. The lowest BCUT2D eigenvalue weighted by Gasteiger charge is -2.45. The predicted molar refractivity (Wildman–Crippen MR) is 99.0 cm³/mol. The Bertz CT molecular complexity index is 705. The molecule has 154 valence electrons. The third-order valence-corrected chi connectivity index (χ3v) is 5.35. The normalized spacial score (nSPS) is 30.0. The van der Waals surface area contributed by atoms with Crippen molar-refractivity contribution in [2.75, 3.05) is 19.8 Å². The van der Waals surface area contributed by atoms with Gasteiger partial charge >= 0.3 is 0 Å². The van der Waals surface area contributed by atoms with Gasteiger partial charge in [0, 0.05) is 11.5 Å². The van der Waals surface area contributed by atoms with Gasteiger partial charge in [0.15, 0.2) is 12.1 Å². The molecule has 1 aromatic carbocycles. The molecule has 0 radical (unpaired) electrons. The Labute approximate surface area is 163 Å². The van der Waals surface area contributed by atoms with E-state index in [0.29, 0.717) is 12.8 Å². The second-order valence-corrected chi connectivity index (χ2v) is 7.57. The van der Waals surface area contributed by atoms with Gasteiger partial charge in [-0.2, -0.15) is 0 Å². The number of nitrogens with zero attached hydrogens (tertiary/aromatic N) is 3. The monoisotopic (exact) mass is 393 g/mol. The summed E-state index contributed by atoms with van der Waals surface area (Å²) in [7, 11) is 0. The van der Waals surface area contributed by atoms with E-state index in [0.717, 1.165) is 5.56 Å². The van der Waals surface area contributed by atoms with Crippen LogP contribution in [0.5, 0.6) is 0 Å². The highest BCUT2D eigenvalue weighted by atomic mass is 16.9. The summed E-state index contributed by atoms with van der Waals surface area (Å²) in [5, 5.41) is 23.9. The fraction of sp³-hybridized carbons (Fsp3) is 0.684. The molecule has 2 aliphatic rings. The lowest BCUT2D eigenvalue weighted by Crippen LogP contribution is -2.63. The third kappa shape index (κ3) is 3.75. The molecule has 0 saturated carbocycles. The highest BCUT2D eigenvalue weighted by molar-refractivity contribution is 5.18. The molecule has 0 bridgehead atoms. The van der Waals surface area contributed by atoms with Gasteiger partial charge < -0.3 is 29.2 Å². The highest BCUT2D eigenvalue weighted by Crippen LogP contribution is 2.52. The summed E-state index contributed by atoms with van der Waals surface area (Å²) in [5.74, 6) is -0.890. The molecule has 0 aromatic heterocycles. The van der Waals surface area contributed by atoms with E-state index in [2.05, 4.69) is 10.0 Å². The van der Waals surface area contributed by atoms with Crippen molar-refractivity contribution >= 4 is 0 Å². The molecule has 0 unspecified atom stereocenters. The number of aliphatic hydroxyl groups excluding tert-OH is 2. The first-order chi connectivity index (χ1) is 13.4. The van der Waals surface area contributed by atoms with E-state index in [1.807, 2.05) is 30.3 Å². The topological polar surface area (TPSA) is 126 Å². The molecule has 0 spiro atoms. The van der Waals surface area contributed by atoms with Gasteiger partial charge in [0.1, 0.15) is 17.3 Å². The standard InChI is InChI=1S/C19H27N3O6/c1-17(2)26-15-16(27-17)28-18(12-23,13-24)19(15,9-6-10-21-22-20)25-11-14-7-4-3-5-8-14/h3-5,7-8,15-16,23-24H,6,9-13H2,1-2H3/t15-,16-,19-/m0/s1. The van der Waals surface area contributed by atoms with Crippen LogP contribution >= 0.6 is 0 Å². The lowest BCUT2D eigenvalue weighted by molar-refractivity contribution is -0.285. The molecular formula is C19H27N3O6. The minimum Gasteiger partial charge on any atom is -0.393 e. The molecule has 3 atom stereocenters. The maximum absolute atomic E-state index is 10.2. The minimum atomic E-state index is -1.41. The van der Waals surface area contributed by atoms with Crippen molar-refractivity contribution in [1.29, 1.82) is 0 Å². The fourth-order valence-corrected chi connectivity index (χ4v) is 4.00. The Hall–Kier alpha value is -1.71. The van der Waals surface area contributed by atoms with Gasteiger partial charge in [-0.15, -0.1) is 0 Å². The highest BCUT2D eigenvalue weighted by Gasteiger charge is 2.71. The maximum Gasteiger partial charge on any atom is 0.191 e. The van der Waals surface area contributed by atoms with Crippen LogP contribution in [-0.4, -0.2) is 59.4 Å². The van der Waals surface area contributed by atoms with E-state index < -0.39 is 42.6 Å². The van der Waals surface area contributed by atoms with E-state index in [-0.39, 0.29) is 13.2 Å². The molecule has 1 aromatic rings. The average molecular weight is 393 g/mol. The van der Waals surface area contributed by atoms with E-state index >= 15 is 0 Å². The lowest BCUT2D eigenvalue weighted by atomic mass is 9.77. The summed E-state index contributed by atoms with van der Waals surface area (Å²) >= 11 is 0. The van der Waals surface area contributed by atoms with E-state index in [9.17, 15) is 10.2 Å². The van der Waals surface area contributed by atoms with Gasteiger partial charge in [-0.3, -0.25) is 0 Å². The van der Waals surface area contributed by atoms with E-state index in [1.165, 1.54) is 0 Å². The van der Waals surface area contributed by atoms with Crippen molar-refractivity contribution in [1.82, 2.24) is 0 Å². The van der Waals surface area contributed by atoms with Gasteiger partial charge in [0.2, 0.25) is 0 Å². The van der Waals surface area contributed by atoms with Crippen molar-refractivity contribution in [3.8, 4) is 0 Å². The Balaban J connectivity index is 1.94. The summed E-state index contributed by atoms with van der Waals surface area (Å²) in [6, 6.07) is 9.58. The first-order valence-corrected chi connectivity index (χ1v) is 9.36. The third-order valence-electron chi connectivity index (χ3n) is 5.35. The Morgan fingerprint density at radius 2 is 1.86 bits per heavy atom. The predicted octanol–water partition coefficient (Wildman–Crippen LogP) is 2.26. The van der Waals surface area contributed by atoms with Gasteiger partial charge in [-0.05, 0) is 37.8 Å². The van der Waals surface area contributed by atoms with Crippen LogP contribution in [0.3, 0.4) is 0 Å². The van der Waals surface area contributed by atoms with Crippen LogP contribution in [0.2, 0.25) is 0 Å².